The maximum absolute atomic E-state index is 12.3. The summed E-state index contributed by atoms with van der Waals surface area (Å²) in [6.07, 6.45) is 4.17. The van der Waals surface area contributed by atoms with Gasteiger partial charge in [0.2, 0.25) is 11.8 Å². The molecule has 2 aliphatic rings. The number of hydrogen-bond acceptors (Lipinski definition) is 3. The van der Waals surface area contributed by atoms with E-state index in [1.807, 2.05) is 25.7 Å². The van der Waals surface area contributed by atoms with Crippen molar-refractivity contribution in [2.45, 2.75) is 53.4 Å². The summed E-state index contributed by atoms with van der Waals surface area (Å²) in [6, 6.07) is 0. The van der Waals surface area contributed by atoms with Crippen LogP contribution in [-0.2, 0) is 9.59 Å². The molecule has 24 heavy (non-hydrogen) atoms. The van der Waals surface area contributed by atoms with E-state index in [1.165, 1.54) is 12.8 Å². The van der Waals surface area contributed by atoms with Gasteiger partial charge in [-0.1, -0.05) is 27.7 Å². The minimum absolute atomic E-state index is 0.0642. The third-order valence-corrected chi connectivity index (χ3v) is 5.26. The summed E-state index contributed by atoms with van der Waals surface area (Å²) >= 11 is 0. The number of hydrogen-bond donors (Lipinski definition) is 1. The van der Waals surface area contributed by atoms with Crippen molar-refractivity contribution in [2.75, 3.05) is 39.3 Å². The van der Waals surface area contributed by atoms with Gasteiger partial charge >= 0.3 is 0 Å². The van der Waals surface area contributed by atoms with E-state index in [1.54, 1.807) is 0 Å². The predicted octanol–water partition coefficient (Wildman–Crippen LogP) is 2.12. The van der Waals surface area contributed by atoms with Gasteiger partial charge in [0.15, 0.2) is 0 Å². The van der Waals surface area contributed by atoms with E-state index in [9.17, 15) is 9.59 Å². The van der Waals surface area contributed by atoms with Crippen molar-refractivity contribution in [3.8, 4) is 0 Å². The highest BCUT2D eigenvalue weighted by atomic mass is 16.2. The zero-order valence-electron chi connectivity index (χ0n) is 15.9. The maximum Gasteiger partial charge on any atom is 0.227 e. The van der Waals surface area contributed by atoms with Crippen LogP contribution in [0, 0.1) is 17.3 Å². The summed E-state index contributed by atoms with van der Waals surface area (Å²) < 4.78 is 0. The molecule has 2 rings (SSSR count). The van der Waals surface area contributed by atoms with Crippen molar-refractivity contribution in [3.63, 3.8) is 0 Å². The summed E-state index contributed by atoms with van der Waals surface area (Å²) in [6.45, 7) is 13.6. The van der Waals surface area contributed by atoms with Gasteiger partial charge in [-0.3, -0.25) is 9.59 Å². The number of carbonyl (C=O) groups excluding carboxylic acids is 2. The maximum atomic E-state index is 12.3. The first kappa shape index (κ1) is 19.2. The highest BCUT2D eigenvalue weighted by Crippen LogP contribution is 2.23. The molecule has 2 aliphatic heterocycles. The monoisotopic (exact) mass is 337 g/mol. The first-order valence-electron chi connectivity index (χ1n) is 9.57. The van der Waals surface area contributed by atoms with Gasteiger partial charge < -0.3 is 15.1 Å². The number of carbonyl (C=O) groups is 2. The molecule has 1 atom stereocenters. The summed E-state index contributed by atoms with van der Waals surface area (Å²) in [5.74, 6) is 1.21. The summed E-state index contributed by atoms with van der Waals surface area (Å²) in [5.41, 5.74) is -0.333. The number of nitrogens with zero attached hydrogens (tertiary/aromatic N) is 2. The number of amides is 2. The first-order chi connectivity index (χ1) is 11.3. The van der Waals surface area contributed by atoms with Crippen molar-refractivity contribution in [2.24, 2.45) is 17.3 Å². The topological polar surface area (TPSA) is 52.7 Å². The largest absolute Gasteiger partial charge is 0.355 e. The smallest absolute Gasteiger partial charge is 0.227 e. The second-order valence-electron chi connectivity index (χ2n) is 8.66. The average molecular weight is 338 g/mol. The molecule has 2 saturated heterocycles. The molecule has 1 N–H and O–H groups in total. The molecule has 0 aromatic carbocycles. The lowest BCUT2D eigenvalue weighted by Crippen LogP contribution is -2.47. The van der Waals surface area contributed by atoms with Crippen LogP contribution < -0.4 is 5.32 Å². The van der Waals surface area contributed by atoms with Gasteiger partial charge in [0, 0.05) is 44.1 Å². The average Bonchev–Trinajstić information content (AvgIpc) is 2.53. The summed E-state index contributed by atoms with van der Waals surface area (Å²) in [7, 11) is 0. The first-order valence-corrected chi connectivity index (χ1v) is 9.57. The van der Waals surface area contributed by atoms with E-state index in [-0.39, 0.29) is 23.1 Å². The molecule has 0 aromatic heterocycles. The lowest BCUT2D eigenvalue weighted by atomic mass is 9.90. The zero-order valence-corrected chi connectivity index (χ0v) is 15.9. The number of piperidine rings is 2. The van der Waals surface area contributed by atoms with Crippen molar-refractivity contribution in [3.05, 3.63) is 0 Å². The van der Waals surface area contributed by atoms with E-state index in [2.05, 4.69) is 17.1 Å². The highest BCUT2D eigenvalue weighted by Gasteiger charge is 2.32. The molecule has 5 nitrogen and oxygen atoms in total. The Bertz CT molecular complexity index is 436. The molecule has 0 bridgehead atoms. The SMILES string of the molecule is C[C@H]1CCCN(CCNC(=O)C2CCN(C(=O)C(C)(C)C)CC2)C1. The molecule has 2 heterocycles. The zero-order chi connectivity index (χ0) is 17.7. The van der Waals surface area contributed by atoms with E-state index < -0.39 is 0 Å². The van der Waals surface area contributed by atoms with Crippen LogP contribution in [0.1, 0.15) is 53.4 Å². The molecule has 2 amide bonds. The van der Waals surface area contributed by atoms with Gasteiger partial charge in [0.1, 0.15) is 0 Å². The molecule has 2 fully saturated rings. The van der Waals surface area contributed by atoms with Crippen LogP contribution in [0.15, 0.2) is 0 Å². The summed E-state index contributed by atoms with van der Waals surface area (Å²) in [5, 5.41) is 3.10. The highest BCUT2D eigenvalue weighted by molar-refractivity contribution is 5.82. The minimum atomic E-state index is -0.333. The van der Waals surface area contributed by atoms with E-state index >= 15 is 0 Å². The molecular weight excluding hydrogens is 302 g/mol. The molecule has 0 aromatic rings. The van der Waals surface area contributed by atoms with Crippen molar-refractivity contribution in [1.82, 2.24) is 15.1 Å². The van der Waals surface area contributed by atoms with Crippen molar-refractivity contribution < 1.29 is 9.59 Å². The predicted molar refractivity (Wildman–Crippen MR) is 96.6 cm³/mol. The van der Waals surface area contributed by atoms with Crippen LogP contribution in [0.5, 0.6) is 0 Å². The Morgan fingerprint density at radius 2 is 1.75 bits per heavy atom. The van der Waals surface area contributed by atoms with Crippen LogP contribution in [-0.4, -0.2) is 60.9 Å². The van der Waals surface area contributed by atoms with E-state index in [0.717, 1.165) is 44.9 Å². The quantitative estimate of drug-likeness (QED) is 0.855. The van der Waals surface area contributed by atoms with Crippen LogP contribution in [0.25, 0.3) is 0 Å². The van der Waals surface area contributed by atoms with Crippen LogP contribution in [0.3, 0.4) is 0 Å². The van der Waals surface area contributed by atoms with Gasteiger partial charge in [-0.2, -0.15) is 0 Å². The molecule has 0 saturated carbocycles. The summed E-state index contributed by atoms with van der Waals surface area (Å²) in [4.78, 5) is 29.0. The number of likely N-dealkylation sites (tertiary alicyclic amines) is 2. The Morgan fingerprint density at radius 1 is 1.08 bits per heavy atom. The van der Waals surface area contributed by atoms with Gasteiger partial charge in [-0.05, 0) is 38.1 Å². The third-order valence-electron chi connectivity index (χ3n) is 5.26. The van der Waals surface area contributed by atoms with Crippen molar-refractivity contribution in [1.29, 1.82) is 0 Å². The second kappa shape index (κ2) is 8.32. The fourth-order valence-corrected chi connectivity index (χ4v) is 3.79. The normalized spacial score (nSPS) is 24.0. The lowest BCUT2D eigenvalue weighted by molar-refractivity contribution is -0.142. The molecule has 0 unspecified atom stereocenters. The van der Waals surface area contributed by atoms with Crippen LogP contribution >= 0.6 is 0 Å². The molecule has 5 heteroatoms. The molecule has 0 spiro atoms. The second-order valence-corrected chi connectivity index (χ2v) is 8.66. The van der Waals surface area contributed by atoms with E-state index in [0.29, 0.717) is 13.1 Å². The molecule has 0 aliphatic carbocycles. The van der Waals surface area contributed by atoms with E-state index in [4.69, 9.17) is 0 Å². The van der Waals surface area contributed by atoms with Gasteiger partial charge in [0.25, 0.3) is 0 Å². The molecular formula is C19H35N3O2. The lowest BCUT2D eigenvalue weighted by Gasteiger charge is -2.35. The Morgan fingerprint density at radius 3 is 2.33 bits per heavy atom. The minimum Gasteiger partial charge on any atom is -0.355 e. The number of nitrogens with one attached hydrogen (secondary N) is 1. The molecule has 0 radical (unpaired) electrons. The van der Waals surface area contributed by atoms with Crippen LogP contribution in [0.4, 0.5) is 0 Å². The fourth-order valence-electron chi connectivity index (χ4n) is 3.79. The Kier molecular flexibility index (Phi) is 6.67. The fraction of sp³-hybridized carbons (Fsp3) is 0.895. The Labute approximate surface area is 147 Å². The number of rotatable bonds is 4. The van der Waals surface area contributed by atoms with Gasteiger partial charge in [0.05, 0.1) is 0 Å². The van der Waals surface area contributed by atoms with Gasteiger partial charge in [-0.25, -0.2) is 0 Å². The molecule has 138 valence electrons. The van der Waals surface area contributed by atoms with Crippen LogP contribution in [0.2, 0.25) is 0 Å². The standard InChI is InChI=1S/C19H35N3O2/c1-15-6-5-10-21(14-15)13-9-20-17(23)16-7-11-22(12-8-16)18(24)19(2,3)4/h15-16H,5-14H2,1-4H3,(H,20,23)/t15-/m0/s1. The van der Waals surface area contributed by atoms with Gasteiger partial charge in [-0.15, -0.1) is 0 Å². The third kappa shape index (κ3) is 5.47. The van der Waals surface area contributed by atoms with Crippen molar-refractivity contribution >= 4 is 11.8 Å². The Balaban J connectivity index is 1.66. The Hall–Kier alpha value is -1.10.